The van der Waals surface area contributed by atoms with Gasteiger partial charge in [-0.15, -0.1) is 0 Å². The van der Waals surface area contributed by atoms with Crippen LogP contribution >= 0.6 is 0 Å². The summed E-state index contributed by atoms with van der Waals surface area (Å²) in [4.78, 5) is 13.0. The van der Waals surface area contributed by atoms with Gasteiger partial charge in [-0.05, 0) is 73.7 Å². The highest BCUT2D eigenvalue weighted by atomic mass is 32.2. The molecule has 2 aromatic rings. The lowest BCUT2D eigenvalue weighted by Gasteiger charge is -2.25. The molecule has 2 aromatic carbocycles. The summed E-state index contributed by atoms with van der Waals surface area (Å²) in [6.45, 7) is 2.94. The number of alkyl halides is 3. The Hall–Kier alpha value is -2.59. The molecule has 3 rings (SSSR count). The number of nitrogens with one attached hydrogen (secondary N) is 3. The van der Waals surface area contributed by atoms with Gasteiger partial charge in [0.25, 0.3) is 5.91 Å². The smallest absolute Gasteiger partial charge is 0.344 e. The molecule has 0 saturated heterocycles. The summed E-state index contributed by atoms with van der Waals surface area (Å²) in [5.41, 5.74) is 0.495. The van der Waals surface area contributed by atoms with Crippen LogP contribution in [0.1, 0.15) is 73.0 Å². The molecule has 0 heterocycles. The topological polar surface area (TPSA) is 87.3 Å². The van der Waals surface area contributed by atoms with Gasteiger partial charge in [0.1, 0.15) is 0 Å². The standard InChI is InChI=1S/C26H34F3N3O3S/c1-2-16-36(34,35)32-23-14-10-21(11-15-23)25(33)31-24(18-30-17-19-6-4-3-5-7-19)20-8-12-22(13-9-20)26(27,28)29/h8-15,19,24,30,32H,2-7,16-18H2,1H3,(H,31,33). The first-order valence-electron chi connectivity index (χ1n) is 12.4. The van der Waals surface area contributed by atoms with Gasteiger partial charge in [-0.1, -0.05) is 38.3 Å². The number of hydrogen-bond donors (Lipinski definition) is 3. The molecule has 0 bridgehead atoms. The van der Waals surface area contributed by atoms with E-state index in [1.165, 1.54) is 55.7 Å². The number of carbonyl (C=O) groups excluding carboxylic acids is 1. The summed E-state index contributed by atoms with van der Waals surface area (Å²) in [6.07, 6.45) is 2.01. The van der Waals surface area contributed by atoms with Gasteiger partial charge in [-0.25, -0.2) is 8.42 Å². The van der Waals surface area contributed by atoms with E-state index in [0.717, 1.165) is 31.5 Å². The van der Waals surface area contributed by atoms with E-state index in [-0.39, 0.29) is 5.75 Å². The third-order valence-electron chi connectivity index (χ3n) is 6.35. The molecular weight excluding hydrogens is 491 g/mol. The Labute approximate surface area is 211 Å². The molecule has 1 amide bonds. The minimum Gasteiger partial charge on any atom is -0.344 e. The number of hydrogen-bond acceptors (Lipinski definition) is 4. The molecule has 3 N–H and O–H groups in total. The number of amides is 1. The first-order chi connectivity index (χ1) is 17.1. The van der Waals surface area contributed by atoms with Crippen molar-refractivity contribution >= 4 is 21.6 Å². The summed E-state index contributed by atoms with van der Waals surface area (Å²) >= 11 is 0. The summed E-state index contributed by atoms with van der Waals surface area (Å²) in [5.74, 6) is 0.159. The lowest BCUT2D eigenvalue weighted by atomic mass is 9.89. The Morgan fingerprint density at radius 1 is 1.00 bits per heavy atom. The number of sulfonamides is 1. The fraction of sp³-hybridized carbons (Fsp3) is 0.500. The lowest BCUT2D eigenvalue weighted by Crippen LogP contribution is -2.37. The van der Waals surface area contributed by atoms with Gasteiger partial charge in [0, 0.05) is 17.8 Å². The van der Waals surface area contributed by atoms with Gasteiger partial charge in [0.2, 0.25) is 10.0 Å². The van der Waals surface area contributed by atoms with E-state index in [1.54, 1.807) is 6.92 Å². The average Bonchev–Trinajstić information content (AvgIpc) is 2.83. The molecule has 1 atom stereocenters. The highest BCUT2D eigenvalue weighted by Crippen LogP contribution is 2.30. The van der Waals surface area contributed by atoms with E-state index in [2.05, 4.69) is 15.4 Å². The van der Waals surface area contributed by atoms with E-state index in [9.17, 15) is 26.4 Å². The predicted octanol–water partition coefficient (Wildman–Crippen LogP) is 5.50. The van der Waals surface area contributed by atoms with Crippen LogP contribution in [0.25, 0.3) is 0 Å². The van der Waals surface area contributed by atoms with Crippen molar-refractivity contribution in [3.8, 4) is 0 Å². The van der Waals surface area contributed by atoms with Crippen molar-refractivity contribution in [1.82, 2.24) is 10.6 Å². The monoisotopic (exact) mass is 525 g/mol. The van der Waals surface area contributed by atoms with Crippen LogP contribution in [-0.4, -0.2) is 33.2 Å². The molecule has 1 fully saturated rings. The summed E-state index contributed by atoms with van der Waals surface area (Å²) < 4.78 is 65.4. The highest BCUT2D eigenvalue weighted by Gasteiger charge is 2.30. The van der Waals surface area contributed by atoms with E-state index in [4.69, 9.17) is 0 Å². The van der Waals surface area contributed by atoms with Gasteiger partial charge >= 0.3 is 6.18 Å². The van der Waals surface area contributed by atoms with Gasteiger partial charge in [-0.3, -0.25) is 9.52 Å². The highest BCUT2D eigenvalue weighted by molar-refractivity contribution is 7.92. The summed E-state index contributed by atoms with van der Waals surface area (Å²) in [7, 11) is -3.45. The number of carbonyl (C=O) groups is 1. The largest absolute Gasteiger partial charge is 0.416 e. The quantitative estimate of drug-likeness (QED) is 0.362. The Bertz CT molecular complexity index is 1080. The molecular formula is C26H34F3N3O3S. The molecule has 1 aliphatic rings. The van der Waals surface area contributed by atoms with Gasteiger partial charge < -0.3 is 10.6 Å². The van der Waals surface area contributed by atoms with E-state index in [1.807, 2.05) is 0 Å². The summed E-state index contributed by atoms with van der Waals surface area (Å²) in [5, 5.41) is 6.30. The normalized spacial score (nSPS) is 15.9. The number of benzene rings is 2. The van der Waals surface area contributed by atoms with Crippen LogP contribution in [0.4, 0.5) is 18.9 Å². The first kappa shape index (κ1) is 28.0. The third kappa shape index (κ3) is 8.51. The van der Waals surface area contributed by atoms with Crippen molar-refractivity contribution in [1.29, 1.82) is 0 Å². The van der Waals surface area contributed by atoms with Crippen molar-refractivity contribution in [3.63, 3.8) is 0 Å². The Kier molecular flexibility index (Phi) is 9.78. The zero-order valence-corrected chi connectivity index (χ0v) is 21.2. The minimum atomic E-state index is -4.43. The van der Waals surface area contributed by atoms with Crippen LogP contribution < -0.4 is 15.4 Å². The van der Waals surface area contributed by atoms with Crippen LogP contribution in [0.15, 0.2) is 48.5 Å². The van der Waals surface area contributed by atoms with Crippen LogP contribution in [0.2, 0.25) is 0 Å². The molecule has 0 spiro atoms. The number of halogens is 3. The fourth-order valence-corrected chi connectivity index (χ4v) is 5.54. The second kappa shape index (κ2) is 12.6. The van der Waals surface area contributed by atoms with Crippen molar-refractivity contribution in [2.45, 2.75) is 57.7 Å². The molecule has 1 saturated carbocycles. The summed E-state index contributed by atoms with van der Waals surface area (Å²) in [6, 6.07) is 10.3. The van der Waals surface area contributed by atoms with Crippen LogP contribution in [0, 0.1) is 5.92 Å². The Morgan fingerprint density at radius 3 is 2.22 bits per heavy atom. The predicted molar refractivity (Wildman–Crippen MR) is 135 cm³/mol. The second-order valence-corrected chi connectivity index (χ2v) is 11.1. The SMILES string of the molecule is CCCS(=O)(=O)Nc1ccc(C(=O)NC(CNCC2CCCCC2)c2ccc(C(F)(F)F)cc2)cc1. The Balaban J connectivity index is 1.69. The molecule has 6 nitrogen and oxygen atoms in total. The van der Waals surface area contributed by atoms with Gasteiger partial charge in [0.15, 0.2) is 0 Å². The molecule has 1 unspecified atom stereocenters. The maximum Gasteiger partial charge on any atom is 0.416 e. The molecule has 0 aromatic heterocycles. The molecule has 1 aliphatic carbocycles. The molecule has 0 aliphatic heterocycles. The van der Waals surface area contributed by atoms with Crippen molar-refractivity contribution in [3.05, 3.63) is 65.2 Å². The maximum absolute atomic E-state index is 13.0. The second-order valence-electron chi connectivity index (χ2n) is 9.31. The van der Waals surface area contributed by atoms with Crippen molar-refractivity contribution < 1.29 is 26.4 Å². The molecule has 0 radical (unpaired) electrons. The van der Waals surface area contributed by atoms with E-state index >= 15 is 0 Å². The van der Waals surface area contributed by atoms with Gasteiger partial charge in [-0.2, -0.15) is 13.2 Å². The van der Waals surface area contributed by atoms with Gasteiger partial charge in [0.05, 0.1) is 17.4 Å². The number of anilines is 1. The zero-order chi connectivity index (χ0) is 26.2. The minimum absolute atomic E-state index is 0.00208. The van der Waals surface area contributed by atoms with E-state index < -0.39 is 33.7 Å². The molecule has 198 valence electrons. The fourth-order valence-electron chi connectivity index (χ4n) is 4.41. The average molecular weight is 526 g/mol. The molecule has 10 heteroatoms. The zero-order valence-electron chi connectivity index (χ0n) is 20.4. The lowest BCUT2D eigenvalue weighted by molar-refractivity contribution is -0.137. The van der Waals surface area contributed by atoms with Crippen LogP contribution in [0.5, 0.6) is 0 Å². The van der Waals surface area contributed by atoms with Crippen molar-refractivity contribution in [2.75, 3.05) is 23.6 Å². The Morgan fingerprint density at radius 2 is 1.64 bits per heavy atom. The van der Waals surface area contributed by atoms with Crippen LogP contribution in [-0.2, 0) is 16.2 Å². The third-order valence-corrected chi connectivity index (χ3v) is 7.84. The molecule has 36 heavy (non-hydrogen) atoms. The van der Waals surface area contributed by atoms with Crippen LogP contribution in [0.3, 0.4) is 0 Å². The van der Waals surface area contributed by atoms with Crippen molar-refractivity contribution in [2.24, 2.45) is 5.92 Å². The first-order valence-corrected chi connectivity index (χ1v) is 14.0. The maximum atomic E-state index is 13.0. The number of rotatable bonds is 11. The van der Waals surface area contributed by atoms with E-state index in [0.29, 0.717) is 35.7 Å².